The molecule has 0 spiro atoms. The topological polar surface area (TPSA) is 29.5 Å². The van der Waals surface area contributed by atoms with E-state index >= 15 is 0 Å². The molecule has 1 saturated heterocycles. The van der Waals surface area contributed by atoms with Gasteiger partial charge in [-0.1, -0.05) is 24.3 Å². The minimum absolute atomic E-state index is 0.0101. The van der Waals surface area contributed by atoms with Crippen molar-refractivity contribution < 1.29 is 13.9 Å². The minimum atomic E-state index is -0.266. The van der Waals surface area contributed by atoms with Gasteiger partial charge in [-0.2, -0.15) is 0 Å². The van der Waals surface area contributed by atoms with Crippen molar-refractivity contribution in [2.75, 3.05) is 13.1 Å². The molecule has 0 aromatic heterocycles. The Balaban J connectivity index is 1.84. The zero-order valence-electron chi connectivity index (χ0n) is 13.3. The number of hydrogen-bond acceptors (Lipinski definition) is 2. The summed E-state index contributed by atoms with van der Waals surface area (Å²) in [7, 11) is 0. The number of carbonyl (C=O) groups is 1. The number of nitrogens with zero attached hydrogens (tertiary/aromatic N) is 1. The molecule has 120 valence electrons. The lowest BCUT2D eigenvalue weighted by atomic mass is 10.0. The highest BCUT2D eigenvalue weighted by atomic mass is 19.1. The van der Waals surface area contributed by atoms with E-state index in [1.807, 2.05) is 43.0 Å². The van der Waals surface area contributed by atoms with E-state index in [0.29, 0.717) is 18.7 Å². The lowest BCUT2D eigenvalue weighted by molar-refractivity contribution is -0.0586. The smallest absolute Gasteiger partial charge is 0.254 e. The number of hydrogen-bond donors (Lipinski definition) is 0. The third-order valence-corrected chi connectivity index (χ3v) is 3.99. The number of morpholine rings is 1. The fourth-order valence-electron chi connectivity index (χ4n) is 3.00. The van der Waals surface area contributed by atoms with Crippen LogP contribution in [0.15, 0.2) is 48.5 Å². The summed E-state index contributed by atoms with van der Waals surface area (Å²) in [5.41, 5.74) is 2.45. The van der Waals surface area contributed by atoms with Gasteiger partial charge in [0.1, 0.15) is 5.82 Å². The Labute approximate surface area is 135 Å². The van der Waals surface area contributed by atoms with Gasteiger partial charge in [-0.3, -0.25) is 4.79 Å². The summed E-state index contributed by atoms with van der Waals surface area (Å²) in [6, 6.07) is 13.8. The summed E-state index contributed by atoms with van der Waals surface area (Å²) < 4.78 is 18.7. The molecule has 1 aliphatic rings. The molecule has 2 atom stereocenters. The van der Waals surface area contributed by atoms with Crippen LogP contribution < -0.4 is 0 Å². The van der Waals surface area contributed by atoms with Gasteiger partial charge < -0.3 is 9.64 Å². The largest absolute Gasteiger partial charge is 0.372 e. The highest BCUT2D eigenvalue weighted by Gasteiger charge is 2.26. The third kappa shape index (κ3) is 3.59. The molecular formula is C19H20FNO2. The van der Waals surface area contributed by atoms with Crippen LogP contribution in [0.3, 0.4) is 0 Å². The Morgan fingerprint density at radius 2 is 1.70 bits per heavy atom. The summed E-state index contributed by atoms with van der Waals surface area (Å²) in [6.07, 6.45) is 0.0889. The third-order valence-electron chi connectivity index (χ3n) is 3.99. The molecule has 3 rings (SSSR count). The Hall–Kier alpha value is -2.20. The molecule has 2 aromatic carbocycles. The summed E-state index contributed by atoms with van der Waals surface area (Å²) >= 11 is 0. The second-order valence-corrected chi connectivity index (χ2v) is 6.06. The van der Waals surface area contributed by atoms with Gasteiger partial charge in [0.15, 0.2) is 0 Å². The van der Waals surface area contributed by atoms with Crippen molar-refractivity contribution in [1.29, 1.82) is 0 Å². The van der Waals surface area contributed by atoms with Crippen molar-refractivity contribution in [1.82, 2.24) is 4.90 Å². The normalized spacial score (nSPS) is 21.3. The average Bonchev–Trinajstić information content (AvgIpc) is 2.54. The van der Waals surface area contributed by atoms with Gasteiger partial charge in [0.25, 0.3) is 5.91 Å². The first kappa shape index (κ1) is 15.7. The van der Waals surface area contributed by atoms with Gasteiger partial charge >= 0.3 is 0 Å². The van der Waals surface area contributed by atoms with Crippen molar-refractivity contribution in [3.63, 3.8) is 0 Å². The van der Waals surface area contributed by atoms with E-state index in [1.54, 1.807) is 12.1 Å². The zero-order valence-corrected chi connectivity index (χ0v) is 13.3. The molecule has 1 aliphatic heterocycles. The molecule has 0 bridgehead atoms. The van der Waals surface area contributed by atoms with Crippen LogP contribution in [0.5, 0.6) is 0 Å². The fraction of sp³-hybridized carbons (Fsp3) is 0.316. The maximum absolute atomic E-state index is 13.1. The van der Waals surface area contributed by atoms with Crippen molar-refractivity contribution in [2.24, 2.45) is 0 Å². The van der Waals surface area contributed by atoms with Gasteiger partial charge in [-0.05, 0) is 49.2 Å². The predicted molar refractivity (Wildman–Crippen MR) is 87.7 cm³/mol. The van der Waals surface area contributed by atoms with Gasteiger partial charge in [-0.15, -0.1) is 0 Å². The average molecular weight is 313 g/mol. The lowest BCUT2D eigenvalue weighted by Crippen LogP contribution is -2.48. The maximum Gasteiger partial charge on any atom is 0.254 e. The van der Waals surface area contributed by atoms with E-state index in [-0.39, 0.29) is 23.9 Å². The van der Waals surface area contributed by atoms with Crippen molar-refractivity contribution >= 4 is 5.91 Å². The van der Waals surface area contributed by atoms with Gasteiger partial charge in [0.05, 0.1) is 12.2 Å². The molecule has 0 aliphatic carbocycles. The highest BCUT2D eigenvalue weighted by molar-refractivity contribution is 5.95. The summed E-state index contributed by atoms with van der Waals surface area (Å²) in [5, 5.41) is 0. The standard InChI is InChI=1S/C19H20FNO2/c1-13-11-21(12-14(2)23-13)19(22)17-5-3-4-16(10-17)15-6-8-18(20)9-7-15/h3-10,13-14H,11-12H2,1-2H3/t13-,14+. The van der Waals surface area contributed by atoms with Crippen molar-refractivity contribution in [3.8, 4) is 11.1 Å². The molecule has 0 saturated carbocycles. The lowest BCUT2D eigenvalue weighted by Gasteiger charge is -2.35. The fourth-order valence-corrected chi connectivity index (χ4v) is 3.00. The molecule has 1 amide bonds. The van der Waals surface area contributed by atoms with Crippen LogP contribution in [0.2, 0.25) is 0 Å². The number of ether oxygens (including phenoxy) is 1. The van der Waals surface area contributed by atoms with E-state index in [0.717, 1.165) is 11.1 Å². The minimum Gasteiger partial charge on any atom is -0.372 e. The highest BCUT2D eigenvalue weighted by Crippen LogP contribution is 2.22. The Morgan fingerprint density at radius 1 is 1.04 bits per heavy atom. The van der Waals surface area contributed by atoms with Crippen LogP contribution in [-0.4, -0.2) is 36.1 Å². The molecule has 1 heterocycles. The Kier molecular flexibility index (Phi) is 4.44. The van der Waals surface area contributed by atoms with Crippen LogP contribution in [0.4, 0.5) is 4.39 Å². The van der Waals surface area contributed by atoms with Crippen LogP contribution in [0, 0.1) is 5.82 Å². The summed E-state index contributed by atoms with van der Waals surface area (Å²) in [4.78, 5) is 14.6. The van der Waals surface area contributed by atoms with Gasteiger partial charge in [0, 0.05) is 18.7 Å². The summed E-state index contributed by atoms with van der Waals surface area (Å²) in [6.45, 7) is 5.16. The molecular weight excluding hydrogens is 293 g/mol. The van der Waals surface area contributed by atoms with Crippen LogP contribution >= 0.6 is 0 Å². The van der Waals surface area contributed by atoms with E-state index in [2.05, 4.69) is 0 Å². The predicted octanol–water partition coefficient (Wildman–Crippen LogP) is 3.74. The quantitative estimate of drug-likeness (QED) is 0.845. The molecule has 0 radical (unpaired) electrons. The van der Waals surface area contributed by atoms with E-state index in [4.69, 9.17) is 4.74 Å². The van der Waals surface area contributed by atoms with Crippen LogP contribution in [0.25, 0.3) is 11.1 Å². The second-order valence-electron chi connectivity index (χ2n) is 6.06. The summed E-state index contributed by atoms with van der Waals surface area (Å²) in [5.74, 6) is -0.256. The number of benzene rings is 2. The molecule has 0 N–H and O–H groups in total. The van der Waals surface area contributed by atoms with Crippen LogP contribution in [0.1, 0.15) is 24.2 Å². The molecule has 0 unspecified atom stereocenters. The molecule has 3 nitrogen and oxygen atoms in total. The number of carbonyl (C=O) groups excluding carboxylic acids is 1. The van der Waals surface area contributed by atoms with E-state index < -0.39 is 0 Å². The second kappa shape index (κ2) is 6.50. The van der Waals surface area contributed by atoms with Gasteiger partial charge in [0.2, 0.25) is 0 Å². The first-order valence-corrected chi connectivity index (χ1v) is 7.83. The first-order valence-electron chi connectivity index (χ1n) is 7.83. The number of amides is 1. The molecule has 4 heteroatoms. The van der Waals surface area contributed by atoms with Gasteiger partial charge in [-0.25, -0.2) is 4.39 Å². The maximum atomic E-state index is 13.1. The van der Waals surface area contributed by atoms with Crippen molar-refractivity contribution in [3.05, 3.63) is 59.9 Å². The zero-order chi connectivity index (χ0) is 16.4. The number of rotatable bonds is 2. The van der Waals surface area contributed by atoms with E-state index in [9.17, 15) is 9.18 Å². The molecule has 23 heavy (non-hydrogen) atoms. The first-order chi connectivity index (χ1) is 11.0. The monoisotopic (exact) mass is 313 g/mol. The molecule has 2 aromatic rings. The Morgan fingerprint density at radius 3 is 2.35 bits per heavy atom. The Bertz CT molecular complexity index is 689. The number of halogens is 1. The molecule has 1 fully saturated rings. The van der Waals surface area contributed by atoms with Crippen molar-refractivity contribution in [2.45, 2.75) is 26.1 Å². The van der Waals surface area contributed by atoms with E-state index in [1.165, 1.54) is 12.1 Å². The SMILES string of the molecule is C[C@@H]1CN(C(=O)c2cccc(-c3ccc(F)cc3)c2)C[C@H](C)O1. The van der Waals surface area contributed by atoms with Crippen LogP contribution in [-0.2, 0) is 4.74 Å².